The highest BCUT2D eigenvalue weighted by atomic mass is 16.5. The van der Waals surface area contributed by atoms with Crippen molar-refractivity contribution < 1.29 is 19.1 Å². The molecular formula is C32H42N4O4. The zero-order valence-corrected chi connectivity index (χ0v) is 24.4. The summed E-state index contributed by atoms with van der Waals surface area (Å²) in [5.41, 5.74) is 1.33. The van der Waals surface area contributed by atoms with Crippen molar-refractivity contribution in [3.05, 3.63) is 59.8 Å². The molecule has 2 aliphatic rings. The molecule has 8 heteroatoms. The van der Waals surface area contributed by atoms with E-state index in [2.05, 4.69) is 24.1 Å². The van der Waals surface area contributed by atoms with Gasteiger partial charge in [0.1, 0.15) is 22.7 Å². The number of carbonyl (C=O) groups excluding carboxylic acids is 2. The van der Waals surface area contributed by atoms with Gasteiger partial charge in [0.15, 0.2) is 0 Å². The van der Waals surface area contributed by atoms with Crippen LogP contribution in [0.15, 0.2) is 48.5 Å². The third kappa shape index (κ3) is 5.55. The minimum atomic E-state index is -1.08. The van der Waals surface area contributed by atoms with Crippen molar-refractivity contribution in [2.45, 2.75) is 52.2 Å². The standard InChI is InChI=1S/C32H42N4O4/c1-22-15-23(2)19-34(18-22)14-6-13-33-31(38)32(3)21-35-28-17-27(40-5)12-9-25(28)16-29(35)30(37)36(32)20-24-7-10-26(39-4)11-8-24/h7-12,16-17,22-23H,6,13-15,18-21H2,1-5H3,(H,33,38)/t22-,23+,32-/m1/s1. The van der Waals surface area contributed by atoms with Crippen LogP contribution in [0, 0.1) is 11.8 Å². The molecule has 0 aliphatic carbocycles. The molecule has 0 bridgehead atoms. The predicted molar refractivity (Wildman–Crippen MR) is 157 cm³/mol. The van der Waals surface area contributed by atoms with Gasteiger partial charge >= 0.3 is 0 Å². The molecule has 3 heterocycles. The van der Waals surface area contributed by atoms with Crippen LogP contribution in [0.4, 0.5) is 0 Å². The first kappa shape index (κ1) is 28.0. The Kier molecular flexibility index (Phi) is 8.08. The molecule has 1 fully saturated rings. The van der Waals surface area contributed by atoms with Gasteiger partial charge in [-0.2, -0.15) is 0 Å². The third-order valence-corrected chi connectivity index (χ3v) is 8.51. The van der Waals surface area contributed by atoms with Crippen LogP contribution >= 0.6 is 0 Å². The smallest absolute Gasteiger partial charge is 0.271 e. The molecule has 5 rings (SSSR count). The van der Waals surface area contributed by atoms with Crippen LogP contribution < -0.4 is 14.8 Å². The molecule has 0 unspecified atom stereocenters. The number of hydrogen-bond acceptors (Lipinski definition) is 5. The lowest BCUT2D eigenvalue weighted by Gasteiger charge is -2.44. The number of nitrogens with one attached hydrogen (secondary N) is 1. The number of piperidine rings is 1. The fourth-order valence-corrected chi connectivity index (χ4v) is 6.49. The number of hydrogen-bond donors (Lipinski definition) is 1. The average molecular weight is 547 g/mol. The number of aromatic nitrogens is 1. The molecule has 1 aromatic heterocycles. The quantitative estimate of drug-likeness (QED) is 0.399. The van der Waals surface area contributed by atoms with Gasteiger partial charge < -0.3 is 29.2 Å². The second-order valence-corrected chi connectivity index (χ2v) is 11.9. The van der Waals surface area contributed by atoms with E-state index in [1.807, 2.05) is 60.0 Å². The molecule has 3 atom stereocenters. The molecule has 0 spiro atoms. The van der Waals surface area contributed by atoms with Gasteiger partial charge in [-0.15, -0.1) is 0 Å². The van der Waals surface area contributed by atoms with E-state index in [0.29, 0.717) is 42.9 Å². The van der Waals surface area contributed by atoms with E-state index in [-0.39, 0.29) is 11.8 Å². The summed E-state index contributed by atoms with van der Waals surface area (Å²) in [6.07, 6.45) is 2.16. The Labute approximate surface area is 237 Å². The molecule has 0 saturated carbocycles. The monoisotopic (exact) mass is 546 g/mol. The van der Waals surface area contributed by atoms with Gasteiger partial charge in [-0.1, -0.05) is 26.0 Å². The number of nitrogens with zero attached hydrogens (tertiary/aromatic N) is 3. The lowest BCUT2D eigenvalue weighted by molar-refractivity contribution is -0.133. The number of fused-ring (bicyclic) bond motifs is 3. The largest absolute Gasteiger partial charge is 0.497 e. The number of carbonyl (C=O) groups is 2. The molecular weight excluding hydrogens is 504 g/mol. The number of benzene rings is 2. The van der Waals surface area contributed by atoms with E-state index < -0.39 is 5.54 Å². The van der Waals surface area contributed by atoms with Gasteiger partial charge in [0.05, 0.1) is 26.3 Å². The van der Waals surface area contributed by atoms with Gasteiger partial charge in [-0.25, -0.2) is 0 Å². The van der Waals surface area contributed by atoms with Crippen LogP contribution in [0.1, 0.15) is 49.7 Å². The summed E-state index contributed by atoms with van der Waals surface area (Å²) in [5.74, 6) is 2.59. The van der Waals surface area contributed by atoms with Gasteiger partial charge in [0, 0.05) is 37.6 Å². The second-order valence-electron chi connectivity index (χ2n) is 11.9. The Balaban J connectivity index is 1.38. The van der Waals surface area contributed by atoms with Crippen LogP contribution in [-0.4, -0.2) is 72.1 Å². The van der Waals surface area contributed by atoms with Crippen LogP contribution in [-0.2, 0) is 17.9 Å². The highest BCUT2D eigenvalue weighted by Crippen LogP contribution is 2.35. The first-order valence-electron chi connectivity index (χ1n) is 14.3. The molecule has 3 aromatic rings. The third-order valence-electron chi connectivity index (χ3n) is 8.51. The number of ether oxygens (including phenoxy) is 2. The van der Waals surface area contributed by atoms with E-state index >= 15 is 0 Å². The molecule has 2 aromatic carbocycles. The number of amides is 2. The van der Waals surface area contributed by atoms with Crippen molar-refractivity contribution in [2.24, 2.45) is 11.8 Å². The Bertz CT molecular complexity index is 1360. The minimum absolute atomic E-state index is 0.134. The number of methoxy groups -OCH3 is 2. The molecule has 8 nitrogen and oxygen atoms in total. The van der Waals surface area contributed by atoms with Crippen molar-refractivity contribution in [1.82, 2.24) is 19.7 Å². The number of rotatable bonds is 9. The number of likely N-dealkylation sites (tertiary alicyclic amines) is 1. The highest BCUT2D eigenvalue weighted by molar-refractivity contribution is 6.03. The lowest BCUT2D eigenvalue weighted by atomic mass is 9.92. The first-order valence-corrected chi connectivity index (χ1v) is 14.3. The first-order chi connectivity index (χ1) is 19.2. The fraction of sp³-hybridized carbons (Fsp3) is 0.500. The SMILES string of the molecule is COc1ccc(CN2C(=O)c3cc4ccc(OC)cc4n3C[C@]2(C)C(=O)NCCCN2C[C@H](C)C[C@H](C)C2)cc1. The van der Waals surface area contributed by atoms with Crippen molar-refractivity contribution in [3.8, 4) is 11.5 Å². The summed E-state index contributed by atoms with van der Waals surface area (Å²) in [6.45, 7) is 11.0. The molecule has 40 heavy (non-hydrogen) atoms. The minimum Gasteiger partial charge on any atom is -0.497 e. The van der Waals surface area contributed by atoms with Crippen molar-refractivity contribution in [2.75, 3.05) is 40.4 Å². The topological polar surface area (TPSA) is 76.0 Å². The molecule has 1 saturated heterocycles. The summed E-state index contributed by atoms with van der Waals surface area (Å²) in [6, 6.07) is 15.4. The second kappa shape index (κ2) is 11.5. The van der Waals surface area contributed by atoms with E-state index in [1.54, 1.807) is 19.1 Å². The van der Waals surface area contributed by atoms with Gasteiger partial charge in [-0.05, 0) is 74.0 Å². The zero-order valence-electron chi connectivity index (χ0n) is 24.4. The zero-order chi connectivity index (χ0) is 28.4. The maximum atomic E-state index is 14.0. The molecule has 214 valence electrons. The summed E-state index contributed by atoms with van der Waals surface area (Å²) in [7, 11) is 3.26. The Morgan fingerprint density at radius 3 is 2.35 bits per heavy atom. The lowest BCUT2D eigenvalue weighted by Crippen LogP contribution is -2.63. The highest BCUT2D eigenvalue weighted by Gasteiger charge is 2.47. The summed E-state index contributed by atoms with van der Waals surface area (Å²) < 4.78 is 12.7. The van der Waals surface area contributed by atoms with E-state index in [0.717, 1.165) is 48.3 Å². The van der Waals surface area contributed by atoms with Crippen LogP contribution in [0.2, 0.25) is 0 Å². The van der Waals surface area contributed by atoms with E-state index in [4.69, 9.17) is 9.47 Å². The summed E-state index contributed by atoms with van der Waals surface area (Å²) in [4.78, 5) is 32.2. The van der Waals surface area contributed by atoms with Crippen LogP contribution in [0.3, 0.4) is 0 Å². The molecule has 2 aliphatic heterocycles. The Morgan fingerprint density at radius 1 is 1.00 bits per heavy atom. The fourth-order valence-electron chi connectivity index (χ4n) is 6.49. The van der Waals surface area contributed by atoms with E-state index in [1.165, 1.54) is 6.42 Å². The van der Waals surface area contributed by atoms with Crippen molar-refractivity contribution in [1.29, 1.82) is 0 Å². The Morgan fingerprint density at radius 2 is 1.68 bits per heavy atom. The molecule has 2 amide bonds. The van der Waals surface area contributed by atoms with Crippen LogP contribution in [0.5, 0.6) is 11.5 Å². The maximum absolute atomic E-state index is 14.0. The van der Waals surface area contributed by atoms with Crippen molar-refractivity contribution >= 4 is 22.7 Å². The van der Waals surface area contributed by atoms with Crippen molar-refractivity contribution in [3.63, 3.8) is 0 Å². The van der Waals surface area contributed by atoms with Gasteiger partial charge in [-0.3, -0.25) is 9.59 Å². The van der Waals surface area contributed by atoms with Gasteiger partial charge in [0.25, 0.3) is 5.91 Å². The van der Waals surface area contributed by atoms with Gasteiger partial charge in [0.2, 0.25) is 5.91 Å². The maximum Gasteiger partial charge on any atom is 0.271 e. The normalized spacial score (nSPS) is 23.2. The molecule has 0 radical (unpaired) electrons. The summed E-state index contributed by atoms with van der Waals surface area (Å²) in [5, 5.41) is 4.13. The predicted octanol–water partition coefficient (Wildman–Crippen LogP) is 4.56. The molecule has 1 N–H and O–H groups in total. The van der Waals surface area contributed by atoms with Crippen LogP contribution in [0.25, 0.3) is 10.9 Å². The average Bonchev–Trinajstić information content (AvgIpc) is 3.30. The summed E-state index contributed by atoms with van der Waals surface area (Å²) >= 11 is 0. The Hall–Kier alpha value is -3.52. The van der Waals surface area contributed by atoms with E-state index in [9.17, 15) is 9.59 Å².